The average molecular weight is 817 g/mol. The topological polar surface area (TPSA) is 166 Å². The number of likely N-dealkylation sites (N-methyl/N-ethyl adjacent to an activating group) is 1. The smallest absolute Gasteiger partial charge is 0.290 e. The van der Waals surface area contributed by atoms with Gasteiger partial charge in [0.15, 0.2) is 5.88 Å². The molecule has 58 heavy (non-hydrogen) atoms. The summed E-state index contributed by atoms with van der Waals surface area (Å²) in [7, 11) is 3.05. The Morgan fingerprint density at radius 2 is 1.57 bits per heavy atom. The lowest BCUT2D eigenvalue weighted by molar-refractivity contribution is -0.144. The minimum absolute atomic E-state index is 0.0540. The fourth-order valence-corrected chi connectivity index (χ4v) is 7.73. The van der Waals surface area contributed by atoms with E-state index in [1.54, 1.807) is 30.3 Å². The van der Waals surface area contributed by atoms with Crippen molar-refractivity contribution in [1.29, 1.82) is 0 Å². The van der Waals surface area contributed by atoms with Gasteiger partial charge in [0.2, 0.25) is 35.8 Å². The highest BCUT2D eigenvalue weighted by Crippen LogP contribution is 2.37. The molecule has 1 aliphatic carbocycles. The maximum Gasteiger partial charge on any atom is 0.290 e. The van der Waals surface area contributed by atoms with E-state index in [-0.39, 0.29) is 42.0 Å². The minimum atomic E-state index is -2.83. The van der Waals surface area contributed by atoms with Crippen molar-refractivity contribution in [2.75, 3.05) is 27.2 Å². The van der Waals surface area contributed by atoms with Gasteiger partial charge in [0.1, 0.15) is 23.7 Å². The lowest BCUT2D eigenvalue weighted by Crippen LogP contribution is -2.57. The van der Waals surface area contributed by atoms with Crippen LogP contribution in [0, 0.1) is 17.3 Å². The number of amides is 5. The van der Waals surface area contributed by atoms with Crippen LogP contribution < -0.4 is 21.3 Å². The molecule has 0 spiro atoms. The highest BCUT2D eigenvalue weighted by molar-refractivity contribution is 6.38. The number of hydrogen-bond donors (Lipinski definition) is 4. The maximum atomic E-state index is 14.7. The second kappa shape index (κ2) is 21.4. The number of benzene rings is 1. The fraction of sp³-hybridized carbons (Fsp3) is 0.674. The third kappa shape index (κ3) is 14.7. The molecule has 5 amide bonds. The molecular weight excluding hydrogens is 751 g/mol. The fourth-order valence-electron chi connectivity index (χ4n) is 7.73. The number of Topliss-reactive ketones (excluding diaryl/α,β-unsaturated/α-hetero) is 1. The van der Waals surface area contributed by atoms with Crippen molar-refractivity contribution in [2.24, 2.45) is 17.3 Å². The third-order valence-electron chi connectivity index (χ3n) is 11.0. The third-order valence-corrected chi connectivity index (χ3v) is 11.0. The molecule has 0 aromatic heterocycles. The number of halogens is 2. The SMILES string of the molecule is C=C(NC(C(=O)N1C[C@H](CC(C)(C)CC)CC1C(=O)NC(CCC(F)F)C(=O)C(=O)NCC(=O)NC(C(=O)N(C)C)c1ccccc1)C1CCCCC1)OC(C)(C)C. The summed E-state index contributed by atoms with van der Waals surface area (Å²) in [6.45, 7) is 15.5. The van der Waals surface area contributed by atoms with Crippen LogP contribution in [-0.2, 0) is 33.5 Å². The Morgan fingerprint density at radius 1 is 0.931 bits per heavy atom. The summed E-state index contributed by atoms with van der Waals surface area (Å²) in [5.74, 6) is -4.65. The summed E-state index contributed by atoms with van der Waals surface area (Å²) in [6.07, 6.45) is 2.19. The van der Waals surface area contributed by atoms with Gasteiger partial charge in [0.05, 0.1) is 12.6 Å². The predicted octanol–water partition coefficient (Wildman–Crippen LogP) is 5.02. The molecule has 13 nitrogen and oxygen atoms in total. The van der Waals surface area contributed by atoms with Crippen molar-refractivity contribution in [2.45, 2.75) is 142 Å². The molecule has 1 saturated carbocycles. The molecule has 3 rings (SSSR count). The summed E-state index contributed by atoms with van der Waals surface area (Å²) in [5.41, 5.74) is -0.180. The molecule has 4 unspecified atom stereocenters. The number of hydrogen-bond acceptors (Lipinski definition) is 8. The number of alkyl halides is 2. The zero-order valence-electron chi connectivity index (χ0n) is 35.6. The highest BCUT2D eigenvalue weighted by atomic mass is 19.3. The molecule has 0 radical (unpaired) electrons. The molecule has 0 bridgehead atoms. The van der Waals surface area contributed by atoms with E-state index in [9.17, 15) is 37.5 Å². The van der Waals surface area contributed by atoms with E-state index in [2.05, 4.69) is 48.6 Å². The van der Waals surface area contributed by atoms with Crippen LogP contribution in [0.2, 0.25) is 0 Å². The average Bonchev–Trinajstić information content (AvgIpc) is 3.58. The van der Waals surface area contributed by atoms with Crippen LogP contribution in [0.25, 0.3) is 0 Å². The van der Waals surface area contributed by atoms with Gasteiger partial charge in [-0.15, -0.1) is 0 Å². The van der Waals surface area contributed by atoms with Crippen molar-refractivity contribution in [3.05, 3.63) is 48.4 Å². The van der Waals surface area contributed by atoms with Gasteiger partial charge < -0.3 is 35.8 Å². The molecule has 324 valence electrons. The number of nitrogens with zero attached hydrogens (tertiary/aromatic N) is 2. The van der Waals surface area contributed by atoms with Gasteiger partial charge in [-0.2, -0.15) is 0 Å². The summed E-state index contributed by atoms with van der Waals surface area (Å²) in [6, 6.07) is 3.93. The van der Waals surface area contributed by atoms with Crippen LogP contribution in [-0.4, -0.2) is 102 Å². The highest BCUT2D eigenvalue weighted by Gasteiger charge is 2.45. The molecule has 1 aliphatic heterocycles. The first-order chi connectivity index (χ1) is 27.1. The first-order valence-electron chi connectivity index (χ1n) is 20.5. The van der Waals surface area contributed by atoms with Crippen LogP contribution in [0.4, 0.5) is 8.78 Å². The van der Waals surface area contributed by atoms with Crippen LogP contribution in [0.15, 0.2) is 42.8 Å². The molecule has 1 aromatic rings. The lowest BCUT2D eigenvalue weighted by atomic mass is 9.80. The first kappa shape index (κ1) is 47.8. The van der Waals surface area contributed by atoms with E-state index in [0.29, 0.717) is 12.0 Å². The van der Waals surface area contributed by atoms with Gasteiger partial charge in [-0.1, -0.05) is 76.8 Å². The molecule has 1 saturated heterocycles. The van der Waals surface area contributed by atoms with E-state index in [1.807, 2.05) is 20.8 Å². The molecule has 2 aliphatic rings. The number of carbonyl (C=O) groups excluding carboxylic acids is 6. The quantitative estimate of drug-likeness (QED) is 0.105. The zero-order chi connectivity index (χ0) is 43.4. The normalized spacial score (nSPS) is 19.1. The Morgan fingerprint density at radius 3 is 2.14 bits per heavy atom. The Hall–Kier alpha value is -4.56. The lowest BCUT2D eigenvalue weighted by Gasteiger charge is -2.36. The van der Waals surface area contributed by atoms with Crippen LogP contribution in [0.1, 0.15) is 117 Å². The number of ether oxygens (including phenoxy) is 1. The Labute approximate surface area is 342 Å². The number of carbonyl (C=O) groups is 6. The second-order valence-corrected chi connectivity index (χ2v) is 17.7. The van der Waals surface area contributed by atoms with E-state index in [4.69, 9.17) is 4.74 Å². The van der Waals surface area contributed by atoms with Crippen molar-refractivity contribution in [3.8, 4) is 0 Å². The molecule has 4 N–H and O–H groups in total. The van der Waals surface area contributed by atoms with E-state index >= 15 is 0 Å². The number of ketones is 1. The first-order valence-corrected chi connectivity index (χ1v) is 20.5. The molecule has 2 fully saturated rings. The standard InChI is InChI=1S/C43H66F2N6O7/c1-10-43(6,7)24-28-23-32(51(26-28)41(57)36(30-19-15-12-16-20-30)47-27(2)58-42(3,4)5)38(54)48-31(21-22-33(44)45)37(53)39(55)46-25-34(52)49-35(40(56)50(8)9)29-17-13-11-14-18-29/h11,13-14,17-18,28,30-33,35-36,47H,2,10,12,15-16,19-26H2,1,3-9H3,(H,46,55)(H,48,54)(H,49,52)/t28-,31?,32?,35?,36?/m0/s1. The maximum absolute atomic E-state index is 14.7. The Kier molecular flexibility index (Phi) is 17.7. The predicted molar refractivity (Wildman–Crippen MR) is 217 cm³/mol. The molecule has 15 heteroatoms. The summed E-state index contributed by atoms with van der Waals surface area (Å²) in [4.78, 5) is 84.2. The molecule has 1 aromatic carbocycles. The van der Waals surface area contributed by atoms with Crippen molar-refractivity contribution in [3.63, 3.8) is 0 Å². The largest absolute Gasteiger partial charge is 0.474 e. The van der Waals surface area contributed by atoms with E-state index < -0.39 is 85.0 Å². The van der Waals surface area contributed by atoms with Gasteiger partial charge in [0, 0.05) is 27.1 Å². The Balaban J connectivity index is 1.84. The van der Waals surface area contributed by atoms with Crippen LogP contribution in [0.5, 0.6) is 0 Å². The second-order valence-electron chi connectivity index (χ2n) is 17.7. The molecule has 1 heterocycles. The number of nitrogens with one attached hydrogen (secondary N) is 4. The number of rotatable bonds is 20. The van der Waals surface area contributed by atoms with Gasteiger partial charge >= 0.3 is 0 Å². The molecule has 5 atom stereocenters. The van der Waals surface area contributed by atoms with Crippen molar-refractivity contribution in [1.82, 2.24) is 31.1 Å². The minimum Gasteiger partial charge on any atom is -0.474 e. The van der Waals surface area contributed by atoms with Crippen LogP contribution >= 0.6 is 0 Å². The summed E-state index contributed by atoms with van der Waals surface area (Å²) < 4.78 is 33.0. The number of likely N-dealkylation sites (tertiary alicyclic amines) is 1. The zero-order valence-corrected chi connectivity index (χ0v) is 35.6. The van der Waals surface area contributed by atoms with Gasteiger partial charge in [-0.25, -0.2) is 8.78 Å². The monoisotopic (exact) mass is 816 g/mol. The van der Waals surface area contributed by atoms with Gasteiger partial charge in [-0.3, -0.25) is 28.8 Å². The van der Waals surface area contributed by atoms with E-state index in [1.165, 1.54) is 23.9 Å². The van der Waals surface area contributed by atoms with Gasteiger partial charge in [0.25, 0.3) is 5.91 Å². The molecular formula is C43H66F2N6O7. The Bertz CT molecular complexity index is 1590. The van der Waals surface area contributed by atoms with E-state index in [0.717, 1.165) is 38.5 Å². The van der Waals surface area contributed by atoms with Crippen LogP contribution in [0.3, 0.4) is 0 Å². The summed E-state index contributed by atoms with van der Waals surface area (Å²) in [5, 5.41) is 10.6. The van der Waals surface area contributed by atoms with Crippen molar-refractivity contribution >= 4 is 35.3 Å². The van der Waals surface area contributed by atoms with Crippen molar-refractivity contribution < 1.29 is 42.3 Å². The van der Waals surface area contributed by atoms with Gasteiger partial charge in [-0.05, 0) is 82.3 Å². The summed E-state index contributed by atoms with van der Waals surface area (Å²) >= 11 is 0.